The molecule has 1 amide bonds. The molecule has 50 heavy (non-hydrogen) atoms. The number of nitrogens with zero attached hydrogens (tertiary/aromatic N) is 7. The number of amides is 1. The average molecular weight is 700 g/mol. The third kappa shape index (κ3) is 5.54. The zero-order chi connectivity index (χ0) is 34.6. The molecule has 4 aromatic rings. The van der Waals surface area contributed by atoms with Crippen LogP contribution in [0.1, 0.15) is 83.2 Å². The van der Waals surface area contributed by atoms with Crippen molar-refractivity contribution in [3.63, 3.8) is 0 Å². The molecule has 5 atom stereocenters. The molecule has 0 unspecified atom stereocenters. The summed E-state index contributed by atoms with van der Waals surface area (Å²) in [6.07, 6.45) is 8.34. The van der Waals surface area contributed by atoms with E-state index in [4.69, 9.17) is 39.6 Å². The van der Waals surface area contributed by atoms with Crippen LogP contribution < -0.4 is 15.8 Å². The number of rotatable bonds is 8. The van der Waals surface area contributed by atoms with Crippen molar-refractivity contribution in [3.05, 3.63) is 51.3 Å². The number of carbonyl (C=O) groups is 1. The van der Waals surface area contributed by atoms with Gasteiger partial charge in [-0.2, -0.15) is 15.3 Å². The Balaban J connectivity index is 1.19. The minimum Gasteiger partial charge on any atom is -0.473 e. The fourth-order valence-electron chi connectivity index (χ4n) is 8.52. The van der Waals surface area contributed by atoms with Gasteiger partial charge < -0.3 is 29.8 Å². The minimum atomic E-state index is -0.454. The summed E-state index contributed by atoms with van der Waals surface area (Å²) in [5.74, 6) is 1.25. The summed E-state index contributed by atoms with van der Waals surface area (Å²) in [5.41, 5.74) is 9.53. The average Bonchev–Trinajstić information content (AvgIpc) is 3.95. The first-order chi connectivity index (χ1) is 24.3. The van der Waals surface area contributed by atoms with Crippen LogP contribution in [0, 0.1) is 11.3 Å². The van der Waals surface area contributed by atoms with E-state index in [2.05, 4.69) is 28.4 Å². The van der Waals surface area contributed by atoms with Gasteiger partial charge in [0.1, 0.15) is 17.2 Å². The van der Waals surface area contributed by atoms with Gasteiger partial charge in [0.05, 0.1) is 36.1 Å². The highest BCUT2D eigenvalue weighted by molar-refractivity contribution is 7.16. The molecule has 0 aromatic carbocycles. The van der Waals surface area contributed by atoms with E-state index < -0.39 is 5.41 Å². The number of nitrogen functional groups attached to an aromatic ring is 1. The first kappa shape index (κ1) is 32.8. The van der Waals surface area contributed by atoms with Crippen LogP contribution in [0.5, 0.6) is 5.88 Å². The van der Waals surface area contributed by atoms with Gasteiger partial charge in [0.2, 0.25) is 17.5 Å². The summed E-state index contributed by atoms with van der Waals surface area (Å²) >= 11 is 1.52. The van der Waals surface area contributed by atoms with Crippen molar-refractivity contribution in [2.24, 2.45) is 0 Å². The van der Waals surface area contributed by atoms with Gasteiger partial charge in [-0.15, -0.1) is 11.3 Å². The molecule has 2 fully saturated rings. The van der Waals surface area contributed by atoms with Gasteiger partial charge in [-0.3, -0.25) is 9.69 Å². The van der Waals surface area contributed by atoms with Crippen molar-refractivity contribution in [2.45, 2.75) is 88.0 Å². The predicted octanol–water partition coefficient (Wildman–Crippen LogP) is 3.80. The number of hydrogen-bond donors (Lipinski definition) is 2. The number of fused-ring (bicyclic) bond motifs is 4. The molecule has 6 heterocycles. The molecule has 262 valence electrons. The van der Waals surface area contributed by atoms with Crippen molar-refractivity contribution >= 4 is 22.2 Å². The zero-order valence-electron chi connectivity index (χ0n) is 28.5. The van der Waals surface area contributed by atoms with Gasteiger partial charge in [0, 0.05) is 48.4 Å². The number of anilines is 1. The number of hydrogen-bond acceptors (Lipinski definition) is 13. The van der Waals surface area contributed by atoms with Crippen LogP contribution in [0.25, 0.3) is 17.4 Å². The fraction of sp³-hybridized carbons (Fsp3) is 0.543. The molecule has 15 heteroatoms. The molecular formula is C35H41N9O5S. The van der Waals surface area contributed by atoms with Crippen LogP contribution in [0.2, 0.25) is 0 Å². The van der Waals surface area contributed by atoms with Crippen LogP contribution in [0.3, 0.4) is 0 Å². The van der Waals surface area contributed by atoms with Gasteiger partial charge in [-0.05, 0) is 77.0 Å². The molecule has 0 radical (unpaired) electrons. The number of likely N-dealkylation sites (N-methyl/N-ethyl adjacent to an activating group) is 1. The van der Waals surface area contributed by atoms with E-state index in [9.17, 15) is 10.1 Å². The standard InChI is InChI=1S/C35H41N9O5S/c1-19(29-24(46-3)9-13-43(29)2)48-27-16-26(44-14-8-23(41-44)34(45)38-20-10-15-47-18-20)39-33(40-27)30-21-6-4-11-35(31(21)42-49-30)12-5-7-25-28(35)22(17-36)32(37)50-25/h8,14,16,19-20,24,29H,4-7,9-13,15,18,37H2,1-3H3,(H,38,45)/t19-,20-,24-,29+,35-/m0/s1. The number of likely N-dealkylation sites (tertiary alicyclic amines) is 1. The smallest absolute Gasteiger partial charge is 0.272 e. The van der Waals surface area contributed by atoms with Gasteiger partial charge in [0.15, 0.2) is 11.5 Å². The fourth-order valence-corrected chi connectivity index (χ4v) is 9.68. The van der Waals surface area contributed by atoms with Gasteiger partial charge in [-0.1, -0.05) is 5.16 Å². The number of nitriles is 1. The summed E-state index contributed by atoms with van der Waals surface area (Å²) in [6, 6.07) is 5.75. The number of aromatic nitrogens is 5. The van der Waals surface area contributed by atoms with Gasteiger partial charge in [-0.25, -0.2) is 9.67 Å². The van der Waals surface area contributed by atoms with Crippen molar-refractivity contribution in [2.75, 3.05) is 39.6 Å². The van der Waals surface area contributed by atoms with Crippen molar-refractivity contribution < 1.29 is 23.5 Å². The molecule has 2 aliphatic heterocycles. The van der Waals surface area contributed by atoms with E-state index >= 15 is 0 Å². The highest BCUT2D eigenvalue weighted by atomic mass is 32.1. The Morgan fingerprint density at radius 3 is 2.88 bits per heavy atom. The molecule has 2 saturated heterocycles. The second-order valence-electron chi connectivity index (χ2n) is 13.8. The topological polar surface area (TPSA) is 179 Å². The number of nitrogens with two attached hydrogens (primary N) is 1. The quantitative estimate of drug-likeness (QED) is 0.272. The lowest BCUT2D eigenvalue weighted by molar-refractivity contribution is 0.0174. The maximum absolute atomic E-state index is 13.0. The molecule has 8 rings (SSSR count). The molecule has 0 saturated carbocycles. The highest BCUT2D eigenvalue weighted by Crippen LogP contribution is 2.54. The van der Waals surface area contributed by atoms with E-state index in [-0.39, 0.29) is 35.9 Å². The molecule has 0 bridgehead atoms. The van der Waals surface area contributed by atoms with Crippen LogP contribution in [-0.2, 0) is 27.7 Å². The molecule has 3 N–H and O–H groups in total. The predicted molar refractivity (Wildman–Crippen MR) is 183 cm³/mol. The number of thiophene rings is 1. The molecule has 14 nitrogen and oxygen atoms in total. The summed E-state index contributed by atoms with van der Waals surface area (Å²) < 4.78 is 25.5. The van der Waals surface area contributed by atoms with E-state index in [1.165, 1.54) is 11.3 Å². The largest absolute Gasteiger partial charge is 0.473 e. The van der Waals surface area contributed by atoms with Gasteiger partial charge >= 0.3 is 0 Å². The Bertz CT molecular complexity index is 1960. The second-order valence-corrected chi connectivity index (χ2v) is 14.9. The maximum atomic E-state index is 13.0. The first-order valence-electron chi connectivity index (χ1n) is 17.3. The summed E-state index contributed by atoms with van der Waals surface area (Å²) in [7, 11) is 3.80. The van der Waals surface area contributed by atoms with Crippen LogP contribution in [0.4, 0.5) is 5.00 Å². The van der Waals surface area contributed by atoms with E-state index in [1.54, 1.807) is 30.1 Å². The summed E-state index contributed by atoms with van der Waals surface area (Å²) in [4.78, 5) is 26.2. The lowest BCUT2D eigenvalue weighted by Crippen LogP contribution is -2.44. The molecule has 4 aliphatic rings. The third-order valence-electron chi connectivity index (χ3n) is 10.8. The zero-order valence-corrected chi connectivity index (χ0v) is 29.3. The van der Waals surface area contributed by atoms with Crippen molar-refractivity contribution in [1.82, 2.24) is 35.1 Å². The SMILES string of the molecule is CO[C@H]1CCN(C)[C@@H]1[C@H](C)Oc1cc(-n2ccc(C(=O)N[C@H]3CCOC3)n2)nc(-c2onc3c2CCC[C@@]32CCCc3sc(N)c(C#N)c32)n1. The number of ether oxygens (including phenoxy) is 3. The molecule has 2 aliphatic carbocycles. The van der Waals surface area contributed by atoms with Crippen molar-refractivity contribution in [3.8, 4) is 29.4 Å². The first-order valence-corrected chi connectivity index (χ1v) is 18.2. The normalized spacial score (nSPS) is 25.3. The lowest BCUT2D eigenvalue weighted by Gasteiger charge is -2.39. The molecule has 4 aromatic heterocycles. The lowest BCUT2D eigenvalue weighted by atomic mass is 9.62. The number of carbonyl (C=O) groups excluding carboxylic acids is 1. The Labute approximate surface area is 293 Å². The highest BCUT2D eigenvalue weighted by Gasteiger charge is 2.48. The monoisotopic (exact) mass is 699 g/mol. The van der Waals surface area contributed by atoms with Crippen LogP contribution in [-0.4, -0.2) is 93.9 Å². The van der Waals surface area contributed by atoms with Gasteiger partial charge in [0.25, 0.3) is 5.91 Å². The van der Waals surface area contributed by atoms with E-state index in [1.807, 2.05) is 6.92 Å². The Morgan fingerprint density at radius 1 is 1.26 bits per heavy atom. The third-order valence-corrected chi connectivity index (χ3v) is 11.9. The van der Waals surface area contributed by atoms with Crippen LogP contribution in [0.15, 0.2) is 22.9 Å². The van der Waals surface area contributed by atoms with E-state index in [0.29, 0.717) is 47.1 Å². The minimum absolute atomic E-state index is 0.0206. The summed E-state index contributed by atoms with van der Waals surface area (Å²) in [6.45, 7) is 4.03. The molecular weight excluding hydrogens is 659 g/mol. The number of nitrogens with one attached hydrogen (secondary N) is 1. The number of methoxy groups -OCH3 is 1. The van der Waals surface area contributed by atoms with Crippen LogP contribution >= 0.6 is 11.3 Å². The second kappa shape index (κ2) is 13.1. The molecule has 1 spiro atoms. The summed E-state index contributed by atoms with van der Waals surface area (Å²) in [5, 5.41) is 23.0. The Hall–Kier alpha value is -4.36. The number of aryl methyl sites for hydroxylation is 1. The Kier molecular flexibility index (Phi) is 8.58. The maximum Gasteiger partial charge on any atom is 0.272 e. The Morgan fingerprint density at radius 2 is 2.10 bits per heavy atom. The van der Waals surface area contributed by atoms with E-state index in [0.717, 1.165) is 79.6 Å². The van der Waals surface area contributed by atoms with Crippen molar-refractivity contribution in [1.29, 1.82) is 5.26 Å².